The van der Waals surface area contributed by atoms with E-state index in [2.05, 4.69) is 9.71 Å². The number of fused-ring (bicyclic) bond motifs is 1. The smallest absolute Gasteiger partial charge is 0.263 e. The van der Waals surface area contributed by atoms with E-state index in [4.69, 9.17) is 9.47 Å². The Hall–Kier alpha value is -1.44. The number of benzene rings is 1. The van der Waals surface area contributed by atoms with Gasteiger partial charge in [-0.15, -0.1) is 0 Å². The maximum absolute atomic E-state index is 11.9. The average molecular weight is 310 g/mol. The van der Waals surface area contributed by atoms with Crippen molar-refractivity contribution in [1.82, 2.24) is 4.72 Å². The molecule has 2 aliphatic rings. The number of hydrogen-bond donors (Lipinski definition) is 1. The van der Waals surface area contributed by atoms with Crippen molar-refractivity contribution in [3.05, 3.63) is 29.8 Å². The Bertz CT molecular complexity index is 636. The summed E-state index contributed by atoms with van der Waals surface area (Å²) in [7, 11) is -3.44. The van der Waals surface area contributed by atoms with Gasteiger partial charge in [-0.05, 0) is 25.0 Å². The third-order valence-electron chi connectivity index (χ3n) is 3.48. The van der Waals surface area contributed by atoms with Crippen molar-refractivity contribution in [2.45, 2.75) is 23.8 Å². The summed E-state index contributed by atoms with van der Waals surface area (Å²) in [6.45, 7) is 2.58. The number of ether oxygens (including phenoxy) is 2. The van der Waals surface area contributed by atoms with Gasteiger partial charge in [-0.1, -0.05) is 12.1 Å². The van der Waals surface area contributed by atoms with Crippen LogP contribution in [0.3, 0.4) is 0 Å². The summed E-state index contributed by atoms with van der Waals surface area (Å²) in [5, 5.41) is 0. The second-order valence-electron chi connectivity index (χ2n) is 5.04. The lowest BCUT2D eigenvalue weighted by Crippen LogP contribution is -2.22. The first-order valence-corrected chi connectivity index (χ1v) is 8.51. The third kappa shape index (κ3) is 3.25. The average Bonchev–Trinajstić information content (AvgIpc) is 3.06. The minimum absolute atomic E-state index is 0.198. The summed E-state index contributed by atoms with van der Waals surface area (Å²) in [6.07, 6.45) is 1.90. The van der Waals surface area contributed by atoms with Gasteiger partial charge >= 0.3 is 0 Å². The largest absolute Gasteiger partial charge is 0.379 e. The van der Waals surface area contributed by atoms with Gasteiger partial charge in [-0.2, -0.15) is 0 Å². The van der Waals surface area contributed by atoms with E-state index in [1.807, 2.05) is 0 Å². The van der Waals surface area contributed by atoms with Crippen molar-refractivity contribution in [2.24, 2.45) is 4.99 Å². The van der Waals surface area contributed by atoms with E-state index in [9.17, 15) is 8.42 Å². The van der Waals surface area contributed by atoms with E-state index in [1.54, 1.807) is 24.3 Å². The van der Waals surface area contributed by atoms with Crippen LogP contribution in [0.15, 0.2) is 34.2 Å². The zero-order valence-corrected chi connectivity index (χ0v) is 12.4. The fraction of sp³-hybridized carbons (Fsp3) is 0.500. The van der Waals surface area contributed by atoms with Gasteiger partial charge in [0.25, 0.3) is 10.0 Å². The highest BCUT2D eigenvalue weighted by Gasteiger charge is 2.29. The molecule has 0 radical (unpaired) electrons. The Morgan fingerprint density at radius 1 is 1.38 bits per heavy atom. The van der Waals surface area contributed by atoms with Gasteiger partial charge in [0, 0.05) is 25.3 Å². The van der Waals surface area contributed by atoms with Crippen LogP contribution in [-0.4, -0.2) is 46.7 Å². The normalized spacial score (nSPS) is 25.0. The first-order valence-electron chi connectivity index (χ1n) is 7.03. The number of rotatable bonds is 5. The van der Waals surface area contributed by atoms with E-state index in [0.29, 0.717) is 36.1 Å². The monoisotopic (exact) mass is 310 g/mol. The topological polar surface area (TPSA) is 77.0 Å². The number of hydrogen-bond acceptors (Lipinski definition) is 5. The number of nitrogens with zero attached hydrogens (tertiary/aromatic N) is 1. The van der Waals surface area contributed by atoms with Crippen molar-refractivity contribution in [3.63, 3.8) is 0 Å². The van der Waals surface area contributed by atoms with Crippen molar-refractivity contribution in [2.75, 3.05) is 26.4 Å². The Labute approximate surface area is 124 Å². The van der Waals surface area contributed by atoms with Crippen molar-refractivity contribution < 1.29 is 17.9 Å². The molecule has 0 spiro atoms. The molecule has 21 heavy (non-hydrogen) atoms. The molecule has 1 N–H and O–H groups in total. The lowest BCUT2D eigenvalue weighted by atomic mass is 10.2. The second kappa shape index (κ2) is 6.13. The molecule has 0 aliphatic carbocycles. The summed E-state index contributed by atoms with van der Waals surface area (Å²) >= 11 is 0. The lowest BCUT2D eigenvalue weighted by molar-refractivity contribution is 0.0424. The first kappa shape index (κ1) is 14.5. The quantitative estimate of drug-likeness (QED) is 0.821. The maximum Gasteiger partial charge on any atom is 0.263 e. The van der Waals surface area contributed by atoms with Crippen molar-refractivity contribution >= 4 is 15.9 Å². The summed E-state index contributed by atoms with van der Waals surface area (Å²) in [6, 6.07) is 6.86. The van der Waals surface area contributed by atoms with Crippen LogP contribution >= 0.6 is 0 Å². The molecule has 6 nitrogen and oxygen atoms in total. The van der Waals surface area contributed by atoms with Crippen LogP contribution in [0.1, 0.15) is 18.4 Å². The van der Waals surface area contributed by atoms with Crippen LogP contribution in [0.4, 0.5) is 0 Å². The van der Waals surface area contributed by atoms with E-state index in [-0.39, 0.29) is 6.10 Å². The number of sulfonamides is 1. The summed E-state index contributed by atoms with van der Waals surface area (Å²) in [5.41, 5.74) is 0.641. The van der Waals surface area contributed by atoms with Crippen LogP contribution in [0.5, 0.6) is 0 Å². The van der Waals surface area contributed by atoms with Gasteiger partial charge in [0.1, 0.15) is 5.84 Å². The van der Waals surface area contributed by atoms with Gasteiger partial charge in [0.2, 0.25) is 0 Å². The molecule has 1 aromatic carbocycles. The van der Waals surface area contributed by atoms with Gasteiger partial charge in [0.15, 0.2) is 0 Å². The third-order valence-corrected chi connectivity index (χ3v) is 4.87. The Balaban J connectivity index is 1.55. The van der Waals surface area contributed by atoms with Crippen LogP contribution in [0.25, 0.3) is 0 Å². The number of aliphatic imine (C=N–C) groups is 1. The van der Waals surface area contributed by atoms with E-state index in [1.165, 1.54) is 0 Å². The minimum Gasteiger partial charge on any atom is -0.379 e. The summed E-state index contributed by atoms with van der Waals surface area (Å²) in [5.74, 6) is 0.426. The minimum atomic E-state index is -3.44. The molecule has 1 unspecified atom stereocenters. The standard InChI is InChI=1S/C14H18N2O4S/c17-21(18)13-5-2-1-4-12(13)14(16-21)15-7-3-8-20-11-6-9-19-10-11/h1-2,4-5,11H,3,6-10H2,(H,15,16). The van der Waals surface area contributed by atoms with Crippen LogP contribution in [0.2, 0.25) is 0 Å². The molecule has 1 fully saturated rings. The molecule has 114 valence electrons. The van der Waals surface area contributed by atoms with E-state index in [0.717, 1.165) is 19.4 Å². The zero-order valence-electron chi connectivity index (χ0n) is 11.6. The molecule has 0 saturated carbocycles. The van der Waals surface area contributed by atoms with Crippen LogP contribution < -0.4 is 4.72 Å². The first-order chi connectivity index (χ1) is 10.2. The van der Waals surface area contributed by atoms with Crippen LogP contribution in [-0.2, 0) is 19.5 Å². The summed E-state index contributed by atoms with van der Waals surface area (Å²) in [4.78, 5) is 4.63. The highest BCUT2D eigenvalue weighted by atomic mass is 32.2. The zero-order chi connectivity index (χ0) is 14.7. The molecule has 0 aromatic heterocycles. The molecule has 1 aromatic rings. The highest BCUT2D eigenvalue weighted by Crippen LogP contribution is 2.22. The molecule has 7 heteroatoms. The molecular formula is C14H18N2O4S. The second-order valence-corrected chi connectivity index (χ2v) is 6.69. The molecular weight excluding hydrogens is 292 g/mol. The molecule has 2 heterocycles. The number of amidine groups is 1. The Morgan fingerprint density at radius 2 is 2.24 bits per heavy atom. The van der Waals surface area contributed by atoms with Gasteiger partial charge in [0.05, 0.1) is 17.6 Å². The Kier molecular flexibility index (Phi) is 4.23. The molecule has 2 aliphatic heterocycles. The number of nitrogens with one attached hydrogen (secondary N) is 1. The molecule has 1 saturated heterocycles. The Morgan fingerprint density at radius 3 is 3.05 bits per heavy atom. The van der Waals surface area contributed by atoms with Gasteiger partial charge in [-0.3, -0.25) is 9.71 Å². The van der Waals surface area contributed by atoms with E-state index >= 15 is 0 Å². The SMILES string of the molecule is O=S1(=O)NC(=NCCCOC2CCOC2)c2ccccc21. The fourth-order valence-electron chi connectivity index (χ4n) is 2.40. The molecule has 1 atom stereocenters. The van der Waals surface area contributed by atoms with Crippen molar-refractivity contribution in [3.8, 4) is 0 Å². The van der Waals surface area contributed by atoms with E-state index < -0.39 is 10.0 Å². The highest BCUT2D eigenvalue weighted by molar-refractivity contribution is 7.90. The van der Waals surface area contributed by atoms with Gasteiger partial charge < -0.3 is 9.47 Å². The molecule has 3 rings (SSSR count). The predicted molar refractivity (Wildman–Crippen MR) is 78.0 cm³/mol. The van der Waals surface area contributed by atoms with Crippen molar-refractivity contribution in [1.29, 1.82) is 0 Å². The molecule has 0 amide bonds. The fourth-order valence-corrected chi connectivity index (χ4v) is 3.65. The summed E-state index contributed by atoms with van der Waals surface area (Å²) < 4.78 is 37.2. The van der Waals surface area contributed by atoms with Crippen LogP contribution in [0, 0.1) is 0 Å². The predicted octanol–water partition coefficient (Wildman–Crippen LogP) is 0.921. The maximum atomic E-state index is 11.9. The molecule has 0 bridgehead atoms. The van der Waals surface area contributed by atoms with Gasteiger partial charge in [-0.25, -0.2) is 8.42 Å². The lowest BCUT2D eigenvalue weighted by Gasteiger charge is -2.08.